The number of hydrogen-bond acceptors (Lipinski definition) is 6. The molecule has 1 aromatic carbocycles. The van der Waals surface area contributed by atoms with Crippen molar-refractivity contribution in [2.24, 2.45) is 5.92 Å². The number of allylic oxidation sites excluding steroid dienone is 2. The molecule has 1 amide bonds. The number of ether oxygens (including phenoxy) is 3. The molecule has 7 heteroatoms. The Morgan fingerprint density at radius 2 is 1.96 bits per heavy atom. The van der Waals surface area contributed by atoms with Gasteiger partial charge in [0.15, 0.2) is 23.9 Å². The van der Waals surface area contributed by atoms with E-state index in [0.29, 0.717) is 29.2 Å². The van der Waals surface area contributed by atoms with Gasteiger partial charge in [0.25, 0.3) is 5.91 Å². The lowest BCUT2D eigenvalue weighted by molar-refractivity contribution is -0.151. The average molecular weight is 345 g/mol. The van der Waals surface area contributed by atoms with E-state index < -0.39 is 12.5 Å². The maximum Gasteiger partial charge on any atom is 0.309 e. The molecule has 25 heavy (non-hydrogen) atoms. The highest BCUT2D eigenvalue weighted by Gasteiger charge is 2.23. The van der Waals surface area contributed by atoms with Gasteiger partial charge in [-0.15, -0.1) is 0 Å². The van der Waals surface area contributed by atoms with E-state index in [-0.39, 0.29) is 24.5 Å². The molecular weight excluding hydrogens is 326 g/mol. The van der Waals surface area contributed by atoms with Crippen molar-refractivity contribution in [2.75, 3.05) is 18.7 Å². The van der Waals surface area contributed by atoms with E-state index in [2.05, 4.69) is 5.32 Å². The highest BCUT2D eigenvalue weighted by atomic mass is 16.7. The average Bonchev–Trinajstić information content (AvgIpc) is 3.07. The van der Waals surface area contributed by atoms with Crippen molar-refractivity contribution < 1.29 is 28.6 Å². The molecule has 2 aliphatic rings. The number of ketones is 1. The molecule has 0 spiro atoms. The minimum absolute atomic E-state index is 0.0670. The summed E-state index contributed by atoms with van der Waals surface area (Å²) in [6.07, 6.45) is 6.18. The summed E-state index contributed by atoms with van der Waals surface area (Å²) in [6, 6.07) is 3.06. The number of benzene rings is 1. The summed E-state index contributed by atoms with van der Waals surface area (Å²) in [6.45, 7) is 1.06. The Morgan fingerprint density at radius 3 is 2.64 bits per heavy atom. The summed E-state index contributed by atoms with van der Waals surface area (Å²) >= 11 is 0. The van der Waals surface area contributed by atoms with Crippen LogP contribution >= 0.6 is 0 Å². The third-order valence-electron chi connectivity index (χ3n) is 4.11. The predicted molar refractivity (Wildman–Crippen MR) is 88.6 cm³/mol. The summed E-state index contributed by atoms with van der Waals surface area (Å²) in [4.78, 5) is 35.8. The largest absolute Gasteiger partial charge is 0.455 e. The minimum Gasteiger partial charge on any atom is -0.455 e. The van der Waals surface area contributed by atoms with Crippen LogP contribution in [0.4, 0.5) is 5.69 Å². The second kappa shape index (κ2) is 7.38. The van der Waals surface area contributed by atoms with Crippen molar-refractivity contribution in [2.45, 2.75) is 26.2 Å². The van der Waals surface area contributed by atoms with Gasteiger partial charge < -0.3 is 19.5 Å². The second-order valence-electron chi connectivity index (χ2n) is 5.94. The standard InChI is InChI=1S/C18H19NO6/c1-11(20)13-7-15-16(25-10-24-15)8-14(13)19-17(21)9-23-18(22)12-5-3-2-4-6-12/h2-3,7-8,12H,4-6,9-10H2,1H3,(H,19,21)/t12-/m0/s1. The molecule has 1 aliphatic carbocycles. The SMILES string of the molecule is CC(=O)c1cc2c(cc1NC(=O)COC(=O)[C@H]1CC=CCC1)OCO2. The molecule has 1 atom stereocenters. The molecule has 3 rings (SSSR count). The Morgan fingerprint density at radius 1 is 1.20 bits per heavy atom. The number of amides is 1. The van der Waals surface area contributed by atoms with Crippen LogP contribution in [0.3, 0.4) is 0 Å². The lowest BCUT2D eigenvalue weighted by Gasteiger charge is -2.16. The van der Waals surface area contributed by atoms with Crippen LogP contribution < -0.4 is 14.8 Å². The Bertz CT molecular complexity index is 739. The van der Waals surface area contributed by atoms with Crippen LogP contribution in [0, 0.1) is 5.92 Å². The first-order chi connectivity index (χ1) is 12.0. The molecule has 1 heterocycles. The van der Waals surface area contributed by atoms with E-state index >= 15 is 0 Å². The highest BCUT2D eigenvalue weighted by molar-refractivity contribution is 6.05. The second-order valence-corrected chi connectivity index (χ2v) is 5.94. The molecule has 7 nitrogen and oxygen atoms in total. The van der Waals surface area contributed by atoms with Gasteiger partial charge in [-0.1, -0.05) is 12.2 Å². The molecular formula is C18H19NO6. The number of carbonyl (C=O) groups excluding carboxylic acids is 3. The number of esters is 1. The Labute approximate surface area is 144 Å². The fourth-order valence-electron chi connectivity index (χ4n) is 2.79. The molecule has 0 bridgehead atoms. The van der Waals surface area contributed by atoms with Crippen molar-refractivity contribution in [3.8, 4) is 11.5 Å². The number of rotatable bonds is 5. The van der Waals surface area contributed by atoms with Gasteiger partial charge in [0.05, 0.1) is 11.6 Å². The molecule has 132 valence electrons. The fourth-order valence-corrected chi connectivity index (χ4v) is 2.79. The Hall–Kier alpha value is -2.83. The number of anilines is 1. The Kier molecular flexibility index (Phi) is 5.02. The smallest absolute Gasteiger partial charge is 0.309 e. The van der Waals surface area contributed by atoms with Gasteiger partial charge in [0, 0.05) is 11.6 Å². The number of Topliss-reactive ketones (excluding diaryl/α,β-unsaturated/α-hetero) is 1. The molecule has 0 fully saturated rings. The lowest BCUT2D eigenvalue weighted by atomic mass is 9.95. The van der Waals surface area contributed by atoms with Gasteiger partial charge in [0.1, 0.15) is 0 Å². The van der Waals surface area contributed by atoms with Gasteiger partial charge in [-0.2, -0.15) is 0 Å². The van der Waals surface area contributed by atoms with Crippen molar-refractivity contribution >= 4 is 23.3 Å². The number of hydrogen-bond donors (Lipinski definition) is 1. The van der Waals surface area contributed by atoms with E-state index in [1.807, 2.05) is 12.2 Å². The van der Waals surface area contributed by atoms with Crippen molar-refractivity contribution in [3.63, 3.8) is 0 Å². The van der Waals surface area contributed by atoms with Crippen molar-refractivity contribution in [1.29, 1.82) is 0 Å². The van der Waals surface area contributed by atoms with Crippen molar-refractivity contribution in [1.82, 2.24) is 0 Å². The minimum atomic E-state index is -0.513. The molecule has 1 N–H and O–H groups in total. The number of carbonyl (C=O) groups is 3. The zero-order valence-electron chi connectivity index (χ0n) is 13.9. The van der Waals surface area contributed by atoms with Crippen LogP contribution in [0.1, 0.15) is 36.5 Å². The normalized spacial score (nSPS) is 17.9. The number of fused-ring (bicyclic) bond motifs is 1. The van der Waals surface area contributed by atoms with E-state index in [4.69, 9.17) is 14.2 Å². The van der Waals surface area contributed by atoms with E-state index in [0.717, 1.165) is 12.8 Å². The summed E-state index contributed by atoms with van der Waals surface area (Å²) in [5, 5.41) is 2.59. The summed E-state index contributed by atoms with van der Waals surface area (Å²) in [5.74, 6) is -0.403. The summed E-state index contributed by atoms with van der Waals surface area (Å²) in [5.41, 5.74) is 0.611. The third kappa shape index (κ3) is 3.99. The van der Waals surface area contributed by atoms with E-state index in [1.165, 1.54) is 19.1 Å². The molecule has 0 unspecified atom stereocenters. The first kappa shape index (κ1) is 17.0. The van der Waals surface area contributed by atoms with Gasteiger partial charge >= 0.3 is 5.97 Å². The predicted octanol–water partition coefficient (Wildman–Crippen LogP) is 2.46. The first-order valence-electron chi connectivity index (χ1n) is 8.10. The van der Waals surface area contributed by atoms with Crippen LogP contribution in [-0.4, -0.2) is 31.1 Å². The summed E-state index contributed by atoms with van der Waals surface area (Å²) < 4.78 is 15.6. The molecule has 0 aromatic heterocycles. The van der Waals surface area contributed by atoms with Crippen molar-refractivity contribution in [3.05, 3.63) is 29.8 Å². The van der Waals surface area contributed by atoms with Crippen LogP contribution in [-0.2, 0) is 14.3 Å². The van der Waals surface area contributed by atoms with E-state index in [9.17, 15) is 14.4 Å². The van der Waals surface area contributed by atoms with E-state index in [1.54, 1.807) is 0 Å². The lowest BCUT2D eigenvalue weighted by Crippen LogP contribution is -2.25. The van der Waals surface area contributed by atoms with Crippen LogP contribution in [0.25, 0.3) is 0 Å². The molecule has 0 radical (unpaired) electrons. The van der Waals surface area contributed by atoms with Gasteiger partial charge in [0.2, 0.25) is 6.79 Å². The Balaban J connectivity index is 1.62. The zero-order chi connectivity index (χ0) is 17.8. The van der Waals surface area contributed by atoms with Crippen LogP contribution in [0.5, 0.6) is 11.5 Å². The monoisotopic (exact) mass is 345 g/mol. The molecule has 1 aromatic rings. The van der Waals surface area contributed by atoms with Gasteiger partial charge in [-0.25, -0.2) is 0 Å². The maximum atomic E-state index is 12.1. The maximum absolute atomic E-state index is 12.1. The van der Waals surface area contributed by atoms with Crippen LogP contribution in [0.15, 0.2) is 24.3 Å². The molecule has 0 saturated carbocycles. The third-order valence-corrected chi connectivity index (χ3v) is 4.11. The first-order valence-corrected chi connectivity index (χ1v) is 8.10. The van der Waals surface area contributed by atoms with Crippen LogP contribution in [0.2, 0.25) is 0 Å². The fraction of sp³-hybridized carbons (Fsp3) is 0.389. The van der Waals surface area contributed by atoms with Gasteiger partial charge in [-0.05, 0) is 32.3 Å². The molecule has 0 saturated heterocycles. The highest BCUT2D eigenvalue weighted by Crippen LogP contribution is 2.37. The van der Waals surface area contributed by atoms with Gasteiger partial charge in [-0.3, -0.25) is 14.4 Å². The quantitative estimate of drug-likeness (QED) is 0.501. The topological polar surface area (TPSA) is 90.9 Å². The zero-order valence-corrected chi connectivity index (χ0v) is 13.9. The molecule has 1 aliphatic heterocycles. The summed E-state index contributed by atoms with van der Waals surface area (Å²) in [7, 11) is 0. The number of nitrogens with one attached hydrogen (secondary N) is 1.